The van der Waals surface area contributed by atoms with Gasteiger partial charge in [0.15, 0.2) is 6.61 Å². The first kappa shape index (κ1) is 24.5. The molecule has 0 spiro atoms. The van der Waals surface area contributed by atoms with Crippen LogP contribution in [0.5, 0.6) is 17.2 Å². The molecule has 2 aromatic carbocycles. The van der Waals surface area contributed by atoms with Gasteiger partial charge in [-0.05, 0) is 48.7 Å². The van der Waals surface area contributed by atoms with Crippen molar-refractivity contribution in [2.24, 2.45) is 5.73 Å². The third kappa shape index (κ3) is 5.05. The second-order valence-electron chi connectivity index (χ2n) is 8.18. The van der Waals surface area contributed by atoms with Crippen LogP contribution >= 0.6 is 0 Å². The fraction of sp³-hybridized carbons (Fsp3) is 0.185. The van der Waals surface area contributed by atoms with E-state index in [1.54, 1.807) is 11.4 Å². The summed E-state index contributed by atoms with van der Waals surface area (Å²) in [6.07, 6.45) is 0.766. The number of nitrogens with zero attached hydrogens (tertiary/aromatic N) is 2. The van der Waals surface area contributed by atoms with Crippen molar-refractivity contribution in [2.75, 3.05) is 6.61 Å². The van der Waals surface area contributed by atoms with Crippen LogP contribution in [-0.4, -0.2) is 39.0 Å². The van der Waals surface area contributed by atoms with Gasteiger partial charge in [0.05, 0.1) is 17.0 Å². The second-order valence-corrected chi connectivity index (χ2v) is 8.18. The number of para-hydroxylation sites is 1. The smallest absolute Gasteiger partial charge is 0.341 e. The SMILES string of the molecule is CCc1c(C(=O)C(N)=O)c2c(OCC(=O)O)cc(C)nn2c1Cc1cccc(Oc2ccccc2)c1. The van der Waals surface area contributed by atoms with Gasteiger partial charge in [0, 0.05) is 12.5 Å². The quantitative estimate of drug-likeness (QED) is 0.257. The number of carboxylic acid groups (broad SMARTS) is 1. The lowest BCUT2D eigenvalue weighted by Gasteiger charge is -2.11. The number of rotatable bonds is 10. The van der Waals surface area contributed by atoms with Crippen LogP contribution in [0.2, 0.25) is 0 Å². The summed E-state index contributed by atoms with van der Waals surface area (Å²) in [6, 6.07) is 18.4. The number of aliphatic carboxylic acids is 1. The normalized spacial score (nSPS) is 10.8. The summed E-state index contributed by atoms with van der Waals surface area (Å²) in [5.74, 6) is -1.71. The molecule has 9 heteroatoms. The summed E-state index contributed by atoms with van der Waals surface area (Å²) in [7, 11) is 0. The van der Waals surface area contributed by atoms with E-state index in [-0.39, 0.29) is 16.8 Å². The van der Waals surface area contributed by atoms with Gasteiger partial charge in [-0.3, -0.25) is 9.59 Å². The Hall–Kier alpha value is -4.66. The average Bonchev–Trinajstić information content (AvgIpc) is 3.15. The molecule has 4 aromatic rings. The minimum absolute atomic E-state index is 0.0737. The molecule has 184 valence electrons. The molecular weight excluding hydrogens is 462 g/mol. The van der Waals surface area contributed by atoms with E-state index in [4.69, 9.17) is 20.3 Å². The number of primary amides is 1. The van der Waals surface area contributed by atoms with Gasteiger partial charge in [-0.1, -0.05) is 37.3 Å². The van der Waals surface area contributed by atoms with E-state index in [1.165, 1.54) is 6.07 Å². The van der Waals surface area contributed by atoms with Crippen LogP contribution in [0.3, 0.4) is 0 Å². The van der Waals surface area contributed by atoms with Crippen molar-refractivity contribution < 1.29 is 29.0 Å². The highest BCUT2D eigenvalue weighted by atomic mass is 16.5. The van der Waals surface area contributed by atoms with Gasteiger partial charge in [0.2, 0.25) is 0 Å². The number of nitrogens with two attached hydrogens (primary N) is 1. The fourth-order valence-electron chi connectivity index (χ4n) is 4.16. The Kier molecular flexibility index (Phi) is 7.00. The highest BCUT2D eigenvalue weighted by Crippen LogP contribution is 2.33. The molecule has 3 N–H and O–H groups in total. The third-order valence-electron chi connectivity index (χ3n) is 5.59. The second kappa shape index (κ2) is 10.3. The lowest BCUT2D eigenvalue weighted by Crippen LogP contribution is -2.24. The standard InChI is InChI=1S/C27H25N3O6/c1-3-20-21(14-17-8-7-11-19(13-17)36-18-9-5-4-6-10-18)30-25(24(20)26(33)27(28)34)22(12-16(2)29-30)35-15-23(31)32/h4-13H,3,14-15H2,1-2H3,(H2,28,34)(H,31,32). The molecule has 0 aliphatic rings. The molecule has 9 nitrogen and oxygen atoms in total. The zero-order chi connectivity index (χ0) is 25.8. The zero-order valence-electron chi connectivity index (χ0n) is 19.9. The van der Waals surface area contributed by atoms with Crippen molar-refractivity contribution in [1.82, 2.24) is 9.61 Å². The van der Waals surface area contributed by atoms with Crippen molar-refractivity contribution in [1.29, 1.82) is 0 Å². The van der Waals surface area contributed by atoms with Gasteiger partial charge in [-0.25, -0.2) is 9.31 Å². The molecule has 0 atom stereocenters. The molecule has 0 bridgehead atoms. The molecule has 1 amide bonds. The molecule has 0 saturated heterocycles. The maximum atomic E-state index is 12.9. The highest BCUT2D eigenvalue weighted by molar-refractivity contribution is 6.44. The number of amides is 1. The van der Waals surface area contributed by atoms with Crippen molar-refractivity contribution in [2.45, 2.75) is 26.7 Å². The van der Waals surface area contributed by atoms with Crippen LogP contribution in [0, 0.1) is 6.92 Å². The van der Waals surface area contributed by atoms with Crippen LogP contribution in [-0.2, 0) is 22.4 Å². The first-order chi connectivity index (χ1) is 17.3. The zero-order valence-corrected chi connectivity index (χ0v) is 19.9. The first-order valence-electron chi connectivity index (χ1n) is 11.3. The van der Waals surface area contributed by atoms with Crippen LogP contribution in [0.25, 0.3) is 5.52 Å². The third-order valence-corrected chi connectivity index (χ3v) is 5.59. The maximum Gasteiger partial charge on any atom is 0.341 e. The van der Waals surface area contributed by atoms with E-state index in [0.717, 1.165) is 5.56 Å². The van der Waals surface area contributed by atoms with Gasteiger partial charge >= 0.3 is 5.97 Å². The molecule has 0 aliphatic carbocycles. The predicted octanol–water partition coefficient (Wildman–Crippen LogP) is 3.72. The van der Waals surface area contributed by atoms with E-state index >= 15 is 0 Å². The number of carbonyl (C=O) groups is 3. The van der Waals surface area contributed by atoms with Crippen molar-refractivity contribution in [3.8, 4) is 17.2 Å². The van der Waals surface area contributed by atoms with E-state index in [0.29, 0.717) is 41.3 Å². The summed E-state index contributed by atoms with van der Waals surface area (Å²) in [4.78, 5) is 36.0. The maximum absolute atomic E-state index is 12.9. The Morgan fingerprint density at radius 1 is 1.03 bits per heavy atom. The first-order valence-corrected chi connectivity index (χ1v) is 11.3. The van der Waals surface area contributed by atoms with Crippen LogP contribution < -0.4 is 15.2 Å². The number of fused-ring (bicyclic) bond motifs is 1. The molecule has 0 fully saturated rings. The number of Topliss-reactive ketones (excluding diaryl/α,β-unsaturated/α-hetero) is 1. The number of carboxylic acids is 1. The Morgan fingerprint density at radius 2 is 1.75 bits per heavy atom. The Bertz CT molecular complexity index is 1460. The molecule has 36 heavy (non-hydrogen) atoms. The summed E-state index contributed by atoms with van der Waals surface area (Å²) in [5, 5.41) is 13.7. The van der Waals surface area contributed by atoms with Crippen molar-refractivity contribution in [3.63, 3.8) is 0 Å². The summed E-state index contributed by atoms with van der Waals surface area (Å²) in [6.45, 7) is 2.96. The minimum atomic E-state index is -1.18. The Labute approximate surface area is 207 Å². The lowest BCUT2D eigenvalue weighted by molar-refractivity contribution is -0.139. The molecule has 0 unspecified atom stereocenters. The number of ketones is 1. The summed E-state index contributed by atoms with van der Waals surface area (Å²) >= 11 is 0. The van der Waals surface area contributed by atoms with Crippen molar-refractivity contribution in [3.05, 3.63) is 88.7 Å². The van der Waals surface area contributed by atoms with E-state index in [1.807, 2.05) is 61.5 Å². The largest absolute Gasteiger partial charge is 0.480 e. The van der Waals surface area contributed by atoms with Crippen molar-refractivity contribution >= 4 is 23.2 Å². The van der Waals surface area contributed by atoms with Gasteiger partial charge in [0.1, 0.15) is 22.8 Å². The Balaban J connectivity index is 1.85. The van der Waals surface area contributed by atoms with Gasteiger partial charge in [0.25, 0.3) is 11.7 Å². The number of aromatic nitrogens is 2. The summed E-state index contributed by atoms with van der Waals surface area (Å²) in [5.41, 5.74) is 8.34. The molecular formula is C27H25N3O6. The fourth-order valence-corrected chi connectivity index (χ4v) is 4.16. The van der Waals surface area contributed by atoms with E-state index in [2.05, 4.69) is 5.10 Å². The number of carbonyl (C=O) groups excluding carboxylic acids is 2. The number of ether oxygens (including phenoxy) is 2. The van der Waals surface area contributed by atoms with Gasteiger partial charge in [-0.2, -0.15) is 5.10 Å². The van der Waals surface area contributed by atoms with E-state index < -0.39 is 24.3 Å². The van der Waals surface area contributed by atoms with Crippen LogP contribution in [0.1, 0.15) is 39.8 Å². The molecule has 4 rings (SSSR count). The number of benzene rings is 2. The topological polar surface area (TPSA) is 133 Å². The summed E-state index contributed by atoms with van der Waals surface area (Å²) < 4.78 is 13.0. The molecule has 2 aromatic heterocycles. The van der Waals surface area contributed by atoms with Crippen LogP contribution in [0.4, 0.5) is 0 Å². The molecule has 2 heterocycles. The Morgan fingerprint density at radius 3 is 2.42 bits per heavy atom. The number of hydrogen-bond acceptors (Lipinski definition) is 6. The molecule has 0 radical (unpaired) electrons. The minimum Gasteiger partial charge on any atom is -0.480 e. The van der Waals surface area contributed by atoms with Crippen LogP contribution in [0.15, 0.2) is 60.7 Å². The van der Waals surface area contributed by atoms with Gasteiger partial charge in [-0.15, -0.1) is 0 Å². The average molecular weight is 488 g/mol. The number of hydrogen-bond donors (Lipinski definition) is 2. The molecule has 0 aliphatic heterocycles. The van der Waals surface area contributed by atoms with E-state index in [9.17, 15) is 14.4 Å². The number of aryl methyl sites for hydroxylation is 1. The monoisotopic (exact) mass is 487 g/mol. The predicted molar refractivity (Wildman–Crippen MR) is 132 cm³/mol. The lowest BCUT2D eigenvalue weighted by atomic mass is 9.99. The van der Waals surface area contributed by atoms with Gasteiger partial charge < -0.3 is 20.3 Å². The molecule has 0 saturated carbocycles. The highest BCUT2D eigenvalue weighted by Gasteiger charge is 2.29.